The minimum absolute atomic E-state index is 0.0998. The van der Waals surface area contributed by atoms with E-state index >= 15 is 0 Å². The Balaban J connectivity index is 1.32. The molecule has 30 heavy (non-hydrogen) atoms. The maximum absolute atomic E-state index is 12.2. The van der Waals surface area contributed by atoms with Crippen LogP contribution >= 0.6 is 0 Å². The van der Waals surface area contributed by atoms with Crippen molar-refractivity contribution in [2.24, 2.45) is 0 Å². The van der Waals surface area contributed by atoms with Crippen LogP contribution in [0.4, 0.5) is 10.5 Å². The second-order valence-electron chi connectivity index (χ2n) is 9.12. The van der Waals surface area contributed by atoms with Gasteiger partial charge in [-0.2, -0.15) is 0 Å². The number of fused-ring (bicyclic) bond motifs is 2. The lowest BCUT2D eigenvalue weighted by Gasteiger charge is -2.45. The fourth-order valence-electron chi connectivity index (χ4n) is 5.46. The molecule has 0 bridgehead atoms. The van der Waals surface area contributed by atoms with Crippen LogP contribution in [0.25, 0.3) is 0 Å². The number of hydrogen-bond acceptors (Lipinski definition) is 4. The van der Waals surface area contributed by atoms with Gasteiger partial charge in [0.15, 0.2) is 0 Å². The van der Waals surface area contributed by atoms with Crippen molar-refractivity contribution in [1.29, 1.82) is 0 Å². The number of rotatable bonds is 4. The Hall–Kier alpha value is -2.08. The van der Waals surface area contributed by atoms with Gasteiger partial charge in [0.1, 0.15) is 0 Å². The number of hydrogen-bond donors (Lipinski definition) is 0. The van der Waals surface area contributed by atoms with E-state index in [1.807, 2.05) is 15.9 Å². The smallest absolute Gasteiger partial charge is 0.409 e. The molecule has 1 spiro atoms. The topological polar surface area (TPSA) is 53.1 Å². The van der Waals surface area contributed by atoms with Gasteiger partial charge in [0, 0.05) is 43.7 Å². The maximum Gasteiger partial charge on any atom is 0.409 e. The van der Waals surface area contributed by atoms with Crippen LogP contribution in [0, 0.1) is 0 Å². The van der Waals surface area contributed by atoms with Crippen LogP contribution in [0.2, 0.25) is 0 Å². The molecule has 0 saturated carbocycles. The molecule has 2 saturated heterocycles. The van der Waals surface area contributed by atoms with Crippen molar-refractivity contribution in [2.75, 3.05) is 44.2 Å². The van der Waals surface area contributed by atoms with Crippen LogP contribution in [-0.4, -0.2) is 67.2 Å². The van der Waals surface area contributed by atoms with E-state index in [1.165, 1.54) is 5.56 Å². The molecule has 0 atom stereocenters. The molecule has 2 amide bonds. The highest BCUT2D eigenvalue weighted by Crippen LogP contribution is 2.47. The molecule has 3 aliphatic heterocycles. The van der Waals surface area contributed by atoms with Gasteiger partial charge in [0.05, 0.1) is 6.61 Å². The highest BCUT2D eigenvalue weighted by atomic mass is 16.6. The van der Waals surface area contributed by atoms with E-state index < -0.39 is 0 Å². The molecule has 0 N–H and O–H groups in total. The second kappa shape index (κ2) is 8.96. The van der Waals surface area contributed by atoms with E-state index in [-0.39, 0.29) is 17.4 Å². The summed E-state index contributed by atoms with van der Waals surface area (Å²) in [7, 11) is 0. The number of ether oxygens (including phenoxy) is 1. The number of amides is 2. The predicted octanol–water partition coefficient (Wildman–Crippen LogP) is 3.79. The Labute approximate surface area is 180 Å². The van der Waals surface area contributed by atoms with E-state index in [0.717, 1.165) is 76.9 Å². The minimum Gasteiger partial charge on any atom is -0.449 e. The molecule has 4 rings (SSSR count). The summed E-state index contributed by atoms with van der Waals surface area (Å²) in [6.07, 6.45) is 6.05. The molecule has 1 aromatic carbocycles. The van der Waals surface area contributed by atoms with Crippen LogP contribution in [0.15, 0.2) is 24.3 Å². The summed E-state index contributed by atoms with van der Waals surface area (Å²) in [6, 6.07) is 8.99. The SMILES string of the molecule is CCCCOC(=O)N1CCC(N2CCC3(CC2)CN(C(C)=O)c2ccccc23)CC1. The summed E-state index contributed by atoms with van der Waals surface area (Å²) >= 11 is 0. The molecule has 3 heterocycles. The first-order valence-electron chi connectivity index (χ1n) is 11.6. The van der Waals surface area contributed by atoms with Gasteiger partial charge in [-0.25, -0.2) is 4.79 Å². The molecule has 1 aromatic rings. The first-order valence-corrected chi connectivity index (χ1v) is 11.6. The fraction of sp³-hybridized carbons (Fsp3) is 0.667. The van der Waals surface area contributed by atoms with Crippen molar-refractivity contribution in [3.05, 3.63) is 29.8 Å². The summed E-state index contributed by atoms with van der Waals surface area (Å²) in [6.45, 7) is 8.82. The van der Waals surface area contributed by atoms with Crippen molar-refractivity contribution in [2.45, 2.75) is 63.8 Å². The number of carbonyl (C=O) groups excluding carboxylic acids is 2. The minimum atomic E-state index is -0.147. The highest BCUT2D eigenvalue weighted by Gasteiger charge is 2.46. The molecule has 0 unspecified atom stereocenters. The van der Waals surface area contributed by atoms with Gasteiger partial charge in [0.25, 0.3) is 0 Å². The van der Waals surface area contributed by atoms with Crippen LogP contribution < -0.4 is 4.90 Å². The molecule has 6 heteroatoms. The average molecular weight is 414 g/mol. The van der Waals surface area contributed by atoms with Crippen LogP contribution in [0.1, 0.15) is 57.9 Å². The zero-order valence-electron chi connectivity index (χ0n) is 18.4. The Morgan fingerprint density at radius 1 is 1.10 bits per heavy atom. The van der Waals surface area contributed by atoms with Crippen molar-refractivity contribution in [1.82, 2.24) is 9.80 Å². The molecule has 0 aromatic heterocycles. The summed E-state index contributed by atoms with van der Waals surface area (Å²) in [5.41, 5.74) is 2.56. The van der Waals surface area contributed by atoms with E-state index in [9.17, 15) is 9.59 Å². The molecule has 164 valence electrons. The summed E-state index contributed by atoms with van der Waals surface area (Å²) < 4.78 is 5.37. The number of anilines is 1. The van der Waals surface area contributed by atoms with Crippen molar-refractivity contribution in [3.8, 4) is 0 Å². The number of para-hydroxylation sites is 1. The zero-order valence-corrected chi connectivity index (χ0v) is 18.4. The quantitative estimate of drug-likeness (QED) is 0.705. The molecule has 0 radical (unpaired) electrons. The maximum atomic E-state index is 12.2. The predicted molar refractivity (Wildman–Crippen MR) is 118 cm³/mol. The molecular formula is C24H35N3O3. The highest BCUT2D eigenvalue weighted by molar-refractivity contribution is 5.94. The van der Waals surface area contributed by atoms with E-state index in [4.69, 9.17) is 4.74 Å². The average Bonchev–Trinajstić information content (AvgIpc) is 3.09. The first-order chi connectivity index (χ1) is 14.5. The number of unbranched alkanes of at least 4 members (excludes halogenated alkanes) is 1. The zero-order chi connectivity index (χ0) is 21.1. The summed E-state index contributed by atoms with van der Waals surface area (Å²) in [5, 5.41) is 0. The first kappa shape index (κ1) is 21.2. The summed E-state index contributed by atoms with van der Waals surface area (Å²) in [5.74, 6) is 0.139. The molecule has 2 fully saturated rings. The van der Waals surface area contributed by atoms with Gasteiger partial charge in [-0.15, -0.1) is 0 Å². The Morgan fingerprint density at radius 2 is 1.80 bits per heavy atom. The molecule has 6 nitrogen and oxygen atoms in total. The van der Waals surface area contributed by atoms with Gasteiger partial charge in [-0.3, -0.25) is 4.79 Å². The molecule has 0 aliphatic carbocycles. The number of likely N-dealkylation sites (tertiary alicyclic amines) is 2. The van der Waals surface area contributed by atoms with Gasteiger partial charge in [0.2, 0.25) is 5.91 Å². The van der Waals surface area contributed by atoms with Crippen LogP contribution in [0.5, 0.6) is 0 Å². The largest absolute Gasteiger partial charge is 0.449 e. The van der Waals surface area contributed by atoms with Crippen LogP contribution in [0.3, 0.4) is 0 Å². The second-order valence-corrected chi connectivity index (χ2v) is 9.12. The van der Waals surface area contributed by atoms with Crippen molar-refractivity contribution < 1.29 is 14.3 Å². The third-order valence-corrected chi connectivity index (χ3v) is 7.32. The number of nitrogens with zero attached hydrogens (tertiary/aromatic N) is 3. The van der Waals surface area contributed by atoms with Crippen molar-refractivity contribution >= 4 is 17.7 Å². The molecule has 3 aliphatic rings. The fourth-order valence-corrected chi connectivity index (χ4v) is 5.46. The summed E-state index contributed by atoms with van der Waals surface area (Å²) in [4.78, 5) is 30.8. The van der Waals surface area contributed by atoms with Gasteiger partial charge in [-0.1, -0.05) is 31.5 Å². The normalized spacial score (nSPS) is 21.7. The van der Waals surface area contributed by atoms with Gasteiger partial charge in [-0.05, 0) is 56.8 Å². The lowest BCUT2D eigenvalue weighted by molar-refractivity contribution is -0.116. The number of piperidine rings is 2. The standard InChI is InChI=1S/C24H35N3O3/c1-3-4-17-30-23(29)26-13-9-20(10-14-26)25-15-11-24(12-16-25)18-27(19(2)28)22-8-6-5-7-21(22)24/h5-8,20H,3-4,9-18H2,1-2H3. The van der Waals surface area contributed by atoms with Crippen molar-refractivity contribution in [3.63, 3.8) is 0 Å². The Morgan fingerprint density at radius 3 is 2.47 bits per heavy atom. The van der Waals surface area contributed by atoms with E-state index in [2.05, 4.69) is 30.0 Å². The van der Waals surface area contributed by atoms with Gasteiger partial charge >= 0.3 is 6.09 Å². The van der Waals surface area contributed by atoms with Crippen LogP contribution in [-0.2, 0) is 14.9 Å². The van der Waals surface area contributed by atoms with E-state index in [1.54, 1.807) is 6.92 Å². The lowest BCUT2D eigenvalue weighted by Crippen LogP contribution is -2.52. The number of carbonyl (C=O) groups is 2. The third kappa shape index (κ3) is 4.07. The third-order valence-electron chi connectivity index (χ3n) is 7.32. The van der Waals surface area contributed by atoms with Gasteiger partial charge < -0.3 is 19.4 Å². The number of benzene rings is 1. The Bertz CT molecular complexity index is 765. The monoisotopic (exact) mass is 413 g/mol. The lowest BCUT2D eigenvalue weighted by atomic mass is 9.74. The molecular weight excluding hydrogens is 378 g/mol. The Kier molecular flexibility index (Phi) is 6.32. The van der Waals surface area contributed by atoms with E-state index in [0.29, 0.717) is 12.6 Å².